The fourth-order valence-electron chi connectivity index (χ4n) is 3.73. The highest BCUT2D eigenvalue weighted by molar-refractivity contribution is 6.32. The lowest BCUT2D eigenvalue weighted by molar-refractivity contribution is -0.122. The molecule has 2 N–H and O–H groups in total. The van der Waals surface area contributed by atoms with Gasteiger partial charge in [-0.2, -0.15) is 0 Å². The number of hydrogen-bond acceptors (Lipinski definition) is 8. The van der Waals surface area contributed by atoms with E-state index in [1.807, 2.05) is 0 Å². The molecule has 11 nitrogen and oxygen atoms in total. The topological polar surface area (TPSA) is 137 Å². The van der Waals surface area contributed by atoms with Crippen molar-refractivity contribution in [3.8, 4) is 22.9 Å². The number of aromatic nitrogens is 4. The summed E-state index contributed by atoms with van der Waals surface area (Å²) in [4.78, 5) is 48.0. The van der Waals surface area contributed by atoms with Crippen molar-refractivity contribution >= 4 is 34.5 Å². The number of likely N-dealkylation sites (N-methyl/N-ethyl adjacent to an activating group) is 1. The number of carbonyl (C=O) groups excluding carboxylic acids is 2. The minimum Gasteiger partial charge on any atom is -0.496 e. The normalized spacial score (nSPS) is 10.9. The molecule has 2 aromatic heterocycles. The number of rotatable bonds is 9. The van der Waals surface area contributed by atoms with Crippen molar-refractivity contribution in [2.45, 2.75) is 20.5 Å². The molecule has 2 aromatic carbocycles. The minimum atomic E-state index is -0.634. The number of aromatic amines is 1. The molecule has 13 heteroatoms. The van der Waals surface area contributed by atoms with Crippen molar-refractivity contribution in [1.29, 1.82) is 0 Å². The molecule has 0 atom stereocenters. The summed E-state index contributed by atoms with van der Waals surface area (Å²) in [5.41, 5.74) is -0.0445. The number of benzene rings is 2. The maximum absolute atomic E-state index is 14.5. The second-order valence-corrected chi connectivity index (χ2v) is 8.47. The zero-order valence-electron chi connectivity index (χ0n) is 20.8. The highest BCUT2D eigenvalue weighted by Crippen LogP contribution is 2.37. The number of nitrogens with zero attached hydrogens (tertiary/aromatic N) is 3. The van der Waals surface area contributed by atoms with Crippen LogP contribution in [-0.4, -0.2) is 52.0 Å². The summed E-state index contributed by atoms with van der Waals surface area (Å²) in [6, 6.07) is 7.10. The average Bonchev–Trinajstić information content (AvgIpc) is 3.21. The monoisotopic (exact) mass is 543 g/mol. The molecule has 0 aliphatic heterocycles. The number of methoxy groups -OCH3 is 1. The molecule has 4 rings (SSSR count). The van der Waals surface area contributed by atoms with Gasteiger partial charge in [-0.05, 0) is 19.1 Å². The maximum atomic E-state index is 14.5. The Bertz CT molecular complexity index is 1620. The summed E-state index contributed by atoms with van der Waals surface area (Å²) in [6.07, 6.45) is 0. The van der Waals surface area contributed by atoms with Gasteiger partial charge in [0.1, 0.15) is 35.2 Å². The standard InChI is InChI=1S/C25H23ClFN5O6/c1-12(33)22-23-24(30-13(2)29-22)32(25(35)31-23)17-9-20(19(8-15(17)26)38-11-21(34)28-3)37-10-14-16(27)6-5-7-18(14)36-4/h5-9H,10-11H2,1-4H3,(H,28,34)(H,31,35). The molecule has 0 saturated carbocycles. The summed E-state index contributed by atoms with van der Waals surface area (Å²) in [5, 5.41) is 2.49. The van der Waals surface area contributed by atoms with E-state index in [0.29, 0.717) is 0 Å². The lowest BCUT2D eigenvalue weighted by atomic mass is 10.2. The highest BCUT2D eigenvalue weighted by Gasteiger charge is 2.22. The van der Waals surface area contributed by atoms with Crippen LogP contribution in [0.25, 0.3) is 16.9 Å². The zero-order chi connectivity index (χ0) is 27.6. The number of aryl methyl sites for hydroxylation is 1. The van der Waals surface area contributed by atoms with E-state index in [9.17, 15) is 18.8 Å². The van der Waals surface area contributed by atoms with E-state index >= 15 is 0 Å². The van der Waals surface area contributed by atoms with Crippen LogP contribution in [0, 0.1) is 12.7 Å². The van der Waals surface area contributed by atoms with Crippen LogP contribution in [-0.2, 0) is 11.4 Å². The van der Waals surface area contributed by atoms with Crippen LogP contribution in [0.1, 0.15) is 28.8 Å². The Hall–Kier alpha value is -4.45. The van der Waals surface area contributed by atoms with Crippen molar-refractivity contribution in [1.82, 2.24) is 24.8 Å². The van der Waals surface area contributed by atoms with E-state index in [1.54, 1.807) is 13.0 Å². The van der Waals surface area contributed by atoms with Gasteiger partial charge in [-0.3, -0.25) is 9.59 Å². The third kappa shape index (κ3) is 5.16. The lowest BCUT2D eigenvalue weighted by Gasteiger charge is -2.17. The van der Waals surface area contributed by atoms with E-state index in [1.165, 1.54) is 45.3 Å². The van der Waals surface area contributed by atoms with E-state index < -0.39 is 17.4 Å². The van der Waals surface area contributed by atoms with Crippen LogP contribution >= 0.6 is 11.6 Å². The zero-order valence-corrected chi connectivity index (χ0v) is 21.6. The lowest BCUT2D eigenvalue weighted by Crippen LogP contribution is -2.25. The second kappa shape index (κ2) is 10.9. The first kappa shape index (κ1) is 26.6. The van der Waals surface area contributed by atoms with Crippen molar-refractivity contribution in [3.05, 3.63) is 68.7 Å². The molecule has 4 aromatic rings. The van der Waals surface area contributed by atoms with Crippen LogP contribution in [0.3, 0.4) is 0 Å². The molecule has 198 valence electrons. The van der Waals surface area contributed by atoms with E-state index in [-0.39, 0.29) is 75.2 Å². The van der Waals surface area contributed by atoms with Crippen molar-refractivity contribution < 1.29 is 28.2 Å². The van der Waals surface area contributed by atoms with Gasteiger partial charge < -0.3 is 24.5 Å². The highest BCUT2D eigenvalue weighted by atomic mass is 35.5. The number of hydrogen-bond donors (Lipinski definition) is 2. The predicted octanol–water partition coefficient (Wildman–Crippen LogP) is 3.12. The Morgan fingerprint density at radius 1 is 1.16 bits per heavy atom. The van der Waals surface area contributed by atoms with Gasteiger partial charge in [0.25, 0.3) is 5.91 Å². The summed E-state index contributed by atoms with van der Waals surface area (Å²) in [7, 11) is 2.85. The Morgan fingerprint density at radius 3 is 2.58 bits per heavy atom. The molecule has 0 unspecified atom stereocenters. The van der Waals surface area contributed by atoms with Crippen molar-refractivity contribution in [2.24, 2.45) is 0 Å². The van der Waals surface area contributed by atoms with Gasteiger partial charge in [0.15, 0.2) is 29.5 Å². The quantitative estimate of drug-likeness (QED) is 0.307. The largest absolute Gasteiger partial charge is 0.496 e. The van der Waals surface area contributed by atoms with Gasteiger partial charge in [-0.15, -0.1) is 0 Å². The number of fused-ring (bicyclic) bond motifs is 1. The average molecular weight is 544 g/mol. The molecule has 0 spiro atoms. The van der Waals surface area contributed by atoms with Crippen molar-refractivity contribution in [3.63, 3.8) is 0 Å². The summed E-state index contributed by atoms with van der Waals surface area (Å²) in [6.45, 7) is 2.28. The molecule has 0 saturated heterocycles. The molecule has 0 bridgehead atoms. The van der Waals surface area contributed by atoms with Gasteiger partial charge in [0, 0.05) is 26.1 Å². The van der Waals surface area contributed by atoms with Crippen LogP contribution < -0.4 is 25.2 Å². The number of Topliss-reactive ketones (excluding diaryl/α,β-unsaturated/α-hetero) is 1. The van der Waals surface area contributed by atoms with Gasteiger partial charge in [-0.1, -0.05) is 17.7 Å². The fraction of sp³-hybridized carbons (Fsp3) is 0.240. The molecule has 0 aliphatic carbocycles. The Balaban J connectivity index is 1.86. The minimum absolute atomic E-state index is 0.0492. The molecular weight excluding hydrogens is 521 g/mol. The number of ketones is 1. The number of halogens is 2. The summed E-state index contributed by atoms with van der Waals surface area (Å²) in [5.74, 6) is -0.671. The maximum Gasteiger partial charge on any atom is 0.332 e. The number of amides is 1. The Morgan fingerprint density at radius 2 is 1.89 bits per heavy atom. The molecule has 1 amide bonds. The van der Waals surface area contributed by atoms with E-state index in [4.69, 9.17) is 25.8 Å². The van der Waals surface area contributed by atoms with Gasteiger partial charge in [-0.25, -0.2) is 23.7 Å². The molecule has 0 fully saturated rings. The molecule has 38 heavy (non-hydrogen) atoms. The van der Waals surface area contributed by atoms with Gasteiger partial charge in [0.05, 0.1) is 23.4 Å². The fourth-order valence-corrected chi connectivity index (χ4v) is 3.97. The smallest absolute Gasteiger partial charge is 0.332 e. The number of nitrogens with one attached hydrogen (secondary N) is 2. The van der Waals surface area contributed by atoms with Crippen LogP contribution in [0.2, 0.25) is 5.02 Å². The van der Waals surface area contributed by atoms with E-state index in [0.717, 1.165) is 4.57 Å². The molecule has 0 radical (unpaired) electrons. The number of carbonyl (C=O) groups is 2. The van der Waals surface area contributed by atoms with Crippen LogP contribution in [0.4, 0.5) is 4.39 Å². The van der Waals surface area contributed by atoms with Crippen molar-refractivity contribution in [2.75, 3.05) is 20.8 Å². The SMILES string of the molecule is CNC(=O)COc1cc(Cl)c(-n2c(=O)[nH]c3c(C(C)=O)nc(C)nc32)cc1OCc1c(F)cccc1OC. The first-order valence-corrected chi connectivity index (χ1v) is 11.6. The number of H-pyrrole nitrogens is 1. The third-order valence-corrected chi connectivity index (χ3v) is 5.84. The predicted molar refractivity (Wildman–Crippen MR) is 136 cm³/mol. The first-order valence-electron chi connectivity index (χ1n) is 11.3. The number of imidazole rings is 1. The summed E-state index contributed by atoms with van der Waals surface area (Å²) >= 11 is 6.55. The third-order valence-electron chi connectivity index (χ3n) is 5.54. The van der Waals surface area contributed by atoms with E-state index in [2.05, 4.69) is 20.3 Å². The van der Waals surface area contributed by atoms with Gasteiger partial charge >= 0.3 is 5.69 Å². The number of ether oxygens (including phenoxy) is 3. The summed E-state index contributed by atoms with van der Waals surface area (Å²) < 4.78 is 32.4. The molecule has 0 aliphatic rings. The van der Waals surface area contributed by atoms with Crippen LogP contribution in [0.15, 0.2) is 35.1 Å². The molecule has 2 heterocycles. The van der Waals surface area contributed by atoms with Crippen LogP contribution in [0.5, 0.6) is 17.2 Å². The second-order valence-electron chi connectivity index (χ2n) is 8.06. The Labute approximate surface area is 220 Å². The Kier molecular flexibility index (Phi) is 7.62. The van der Waals surface area contributed by atoms with Gasteiger partial charge in [0.2, 0.25) is 0 Å². The first-order chi connectivity index (χ1) is 18.1. The molecular formula is C25H23ClFN5O6.